The van der Waals surface area contributed by atoms with E-state index < -0.39 is 0 Å². The van der Waals surface area contributed by atoms with Crippen molar-refractivity contribution in [1.29, 1.82) is 0 Å². The summed E-state index contributed by atoms with van der Waals surface area (Å²) in [4.78, 5) is 3.97. The van der Waals surface area contributed by atoms with Crippen molar-refractivity contribution in [2.75, 3.05) is 42.6 Å². The summed E-state index contributed by atoms with van der Waals surface area (Å²) >= 11 is 0. The highest BCUT2D eigenvalue weighted by Gasteiger charge is 2.15. The van der Waals surface area contributed by atoms with E-state index in [0.717, 1.165) is 49.8 Å². The number of aromatic nitrogens is 2. The zero-order valence-electron chi connectivity index (χ0n) is 26.9. The van der Waals surface area contributed by atoms with Crippen LogP contribution < -0.4 is 14.5 Å². The smallest absolute Gasteiger partial charge is 0.148 e. The first kappa shape index (κ1) is 32.6. The Hall–Kier alpha value is -6.76. The SMILES string of the molecule is C#CCN(CC#C)c1ccc2c(c1)c1cc(N(CC#C)CC#C)ccc1n2CC#C.C#CCOc1cccc2c1c1ccccc1n2C. The number of nitrogens with zero attached hydrogens (tertiary/aromatic N) is 4. The molecule has 0 bridgehead atoms. The Morgan fingerprint density at radius 3 is 1.62 bits per heavy atom. The number of rotatable bonds is 9. The molecule has 6 aromatic rings. The Morgan fingerprint density at radius 2 is 1.10 bits per heavy atom. The molecule has 6 rings (SSSR count). The standard InChI is InChI=1S/C27H21N3.C16H13NO/c1-6-15-28(16-7-2)22-11-13-26-24(20-22)25-21-23(29(17-8-3)18-9-4)12-14-27(25)30(26)19-10-5;1-3-11-18-15-10-6-9-14-16(15)12-7-4-5-8-13(12)17(14)2/h1-5,11-14,20-21H,15-19H2;1,4-10H,11H2,2H3. The summed E-state index contributed by atoms with van der Waals surface area (Å²) in [6.07, 6.45) is 33.0. The van der Waals surface area contributed by atoms with E-state index in [2.05, 4.69) is 94.2 Å². The van der Waals surface area contributed by atoms with Gasteiger partial charge in [-0.2, -0.15) is 0 Å². The van der Waals surface area contributed by atoms with Crippen LogP contribution in [-0.2, 0) is 13.6 Å². The van der Waals surface area contributed by atoms with Crippen LogP contribution in [0.5, 0.6) is 5.75 Å². The van der Waals surface area contributed by atoms with Crippen molar-refractivity contribution < 1.29 is 4.74 Å². The fourth-order valence-electron chi connectivity index (χ4n) is 6.07. The van der Waals surface area contributed by atoms with Crippen molar-refractivity contribution in [3.8, 4) is 79.8 Å². The molecule has 5 nitrogen and oxygen atoms in total. The number of benzene rings is 4. The largest absolute Gasteiger partial charge is 0.480 e. The molecular formula is C43H34N4O. The molecule has 48 heavy (non-hydrogen) atoms. The van der Waals surface area contributed by atoms with E-state index in [4.69, 9.17) is 43.3 Å². The van der Waals surface area contributed by atoms with Crippen LogP contribution in [0.25, 0.3) is 43.6 Å². The predicted molar refractivity (Wildman–Crippen MR) is 203 cm³/mol. The van der Waals surface area contributed by atoms with Crippen LogP contribution in [0.15, 0.2) is 78.9 Å². The quantitative estimate of drug-likeness (QED) is 0.164. The van der Waals surface area contributed by atoms with Crippen LogP contribution in [0.2, 0.25) is 0 Å². The van der Waals surface area contributed by atoms with Gasteiger partial charge in [0.25, 0.3) is 0 Å². The van der Waals surface area contributed by atoms with Gasteiger partial charge >= 0.3 is 0 Å². The van der Waals surface area contributed by atoms with Crippen molar-refractivity contribution >= 4 is 55.0 Å². The van der Waals surface area contributed by atoms with Crippen LogP contribution >= 0.6 is 0 Å². The third-order valence-electron chi connectivity index (χ3n) is 8.15. The van der Waals surface area contributed by atoms with Gasteiger partial charge in [0.15, 0.2) is 0 Å². The van der Waals surface area contributed by atoms with Crippen LogP contribution in [0.1, 0.15) is 0 Å². The molecule has 0 saturated carbocycles. The molecule has 0 fully saturated rings. The van der Waals surface area contributed by atoms with Crippen molar-refractivity contribution in [2.45, 2.75) is 6.54 Å². The summed E-state index contributed by atoms with van der Waals surface area (Å²) in [6, 6.07) is 26.7. The van der Waals surface area contributed by atoms with Crippen molar-refractivity contribution in [3.05, 3.63) is 78.9 Å². The number of aryl methyl sites for hydroxylation is 1. The van der Waals surface area contributed by atoms with Gasteiger partial charge in [0.1, 0.15) is 12.4 Å². The first-order chi connectivity index (χ1) is 23.5. The fraction of sp³-hybridized carbons (Fsp3) is 0.163. The number of ether oxygens (including phenoxy) is 1. The minimum Gasteiger partial charge on any atom is -0.480 e. The zero-order valence-corrected chi connectivity index (χ0v) is 26.9. The predicted octanol–water partition coefficient (Wildman–Crippen LogP) is 6.92. The van der Waals surface area contributed by atoms with Crippen LogP contribution in [0, 0.1) is 74.1 Å². The topological polar surface area (TPSA) is 25.6 Å². The maximum atomic E-state index is 5.64. The molecule has 0 unspecified atom stereocenters. The fourth-order valence-corrected chi connectivity index (χ4v) is 6.07. The van der Waals surface area contributed by atoms with E-state index in [1.54, 1.807) is 0 Å². The average Bonchev–Trinajstić information content (AvgIpc) is 3.58. The zero-order chi connectivity index (χ0) is 34.0. The average molecular weight is 623 g/mol. The van der Waals surface area contributed by atoms with Crippen LogP contribution in [0.3, 0.4) is 0 Å². The second-order valence-corrected chi connectivity index (χ2v) is 10.9. The Balaban J connectivity index is 0.000000212. The van der Waals surface area contributed by atoms with E-state index in [-0.39, 0.29) is 0 Å². The molecule has 2 aromatic heterocycles. The summed E-state index contributed by atoms with van der Waals surface area (Å²) in [5.74, 6) is 16.8. The Labute approximate surface area is 283 Å². The van der Waals surface area contributed by atoms with Gasteiger partial charge in [-0.05, 0) is 54.6 Å². The van der Waals surface area contributed by atoms with Crippen molar-refractivity contribution in [2.24, 2.45) is 7.05 Å². The number of anilines is 2. The van der Waals surface area contributed by atoms with Gasteiger partial charge in [-0.15, -0.1) is 38.5 Å². The third kappa shape index (κ3) is 6.33. The summed E-state index contributed by atoms with van der Waals surface area (Å²) in [5, 5.41) is 4.47. The lowest BCUT2D eigenvalue weighted by Gasteiger charge is -2.20. The number of hydrogen-bond donors (Lipinski definition) is 0. The van der Waals surface area contributed by atoms with Gasteiger partial charge in [-0.25, -0.2) is 0 Å². The molecule has 0 saturated heterocycles. The molecule has 232 valence electrons. The molecule has 0 N–H and O–H groups in total. The van der Waals surface area contributed by atoms with Gasteiger partial charge in [0.2, 0.25) is 0 Å². The molecule has 0 aliphatic heterocycles. The maximum absolute atomic E-state index is 5.64. The second-order valence-electron chi connectivity index (χ2n) is 10.9. The molecule has 4 aromatic carbocycles. The molecule has 0 aliphatic rings. The maximum Gasteiger partial charge on any atom is 0.148 e. The summed E-state index contributed by atoms with van der Waals surface area (Å²) in [7, 11) is 2.07. The number of hydrogen-bond acceptors (Lipinski definition) is 3. The van der Waals surface area contributed by atoms with Gasteiger partial charge in [-0.3, -0.25) is 0 Å². The Bertz CT molecular complexity index is 2260. The molecule has 5 heteroatoms. The number of fused-ring (bicyclic) bond motifs is 6. The van der Waals surface area contributed by atoms with E-state index in [1.807, 2.05) is 46.2 Å². The molecule has 0 spiro atoms. The second kappa shape index (κ2) is 15.0. The molecule has 0 aliphatic carbocycles. The van der Waals surface area contributed by atoms with Crippen molar-refractivity contribution in [1.82, 2.24) is 9.13 Å². The summed E-state index contributed by atoms with van der Waals surface area (Å²) < 4.78 is 9.94. The number of para-hydroxylation sites is 1. The molecule has 0 amide bonds. The van der Waals surface area contributed by atoms with E-state index in [1.165, 1.54) is 10.9 Å². The lowest BCUT2D eigenvalue weighted by molar-refractivity contribution is 0.375. The third-order valence-corrected chi connectivity index (χ3v) is 8.15. The minimum absolute atomic E-state index is 0.294. The van der Waals surface area contributed by atoms with Crippen LogP contribution in [0.4, 0.5) is 11.4 Å². The van der Waals surface area contributed by atoms with E-state index in [9.17, 15) is 0 Å². The summed E-state index contributed by atoms with van der Waals surface area (Å²) in [5.41, 5.74) is 6.38. The van der Waals surface area contributed by atoms with Gasteiger partial charge < -0.3 is 23.7 Å². The number of terminal acetylenes is 6. The Morgan fingerprint density at radius 1 is 0.562 bits per heavy atom. The minimum atomic E-state index is 0.294. The van der Waals surface area contributed by atoms with E-state index in [0.29, 0.717) is 39.3 Å². The lowest BCUT2D eigenvalue weighted by Crippen LogP contribution is -2.23. The molecule has 0 radical (unpaired) electrons. The monoisotopic (exact) mass is 622 g/mol. The summed E-state index contributed by atoms with van der Waals surface area (Å²) in [6.45, 7) is 2.49. The van der Waals surface area contributed by atoms with Gasteiger partial charge in [0, 0.05) is 45.5 Å². The molecular weight excluding hydrogens is 589 g/mol. The first-order valence-corrected chi connectivity index (χ1v) is 15.3. The van der Waals surface area contributed by atoms with E-state index >= 15 is 0 Å². The molecule has 0 atom stereocenters. The van der Waals surface area contributed by atoms with Gasteiger partial charge in [-0.1, -0.05) is 59.8 Å². The molecule has 2 heterocycles. The highest BCUT2D eigenvalue weighted by molar-refractivity contribution is 6.11. The van der Waals surface area contributed by atoms with Crippen molar-refractivity contribution in [3.63, 3.8) is 0 Å². The van der Waals surface area contributed by atoms with Crippen LogP contribution in [-0.4, -0.2) is 41.9 Å². The normalized spacial score (nSPS) is 10.1. The highest BCUT2D eigenvalue weighted by Crippen LogP contribution is 2.36. The lowest BCUT2D eigenvalue weighted by atomic mass is 10.1. The Kier molecular flexibility index (Phi) is 10.2. The first-order valence-electron chi connectivity index (χ1n) is 15.3. The highest BCUT2D eigenvalue weighted by atomic mass is 16.5. The van der Waals surface area contributed by atoms with Gasteiger partial charge in [0.05, 0.1) is 49.3 Å².